The number of rotatable bonds is 4. The highest BCUT2D eigenvalue weighted by atomic mass is 35.5. The third-order valence-corrected chi connectivity index (χ3v) is 6.60. The van der Waals surface area contributed by atoms with Gasteiger partial charge in [0.25, 0.3) is 0 Å². The molecule has 3 rings (SSSR count). The van der Waals surface area contributed by atoms with Crippen molar-refractivity contribution in [3.05, 3.63) is 65.2 Å². The number of piperazine rings is 1. The van der Waals surface area contributed by atoms with Crippen molar-refractivity contribution in [2.75, 3.05) is 26.2 Å². The quantitative estimate of drug-likeness (QED) is 0.824. The molecule has 2 aromatic rings. The van der Waals surface area contributed by atoms with Gasteiger partial charge in [-0.05, 0) is 18.2 Å². The van der Waals surface area contributed by atoms with E-state index in [2.05, 4.69) is 6.07 Å². The van der Waals surface area contributed by atoms with E-state index in [-0.39, 0.29) is 0 Å². The van der Waals surface area contributed by atoms with E-state index in [1.165, 1.54) is 4.31 Å². The Balaban J connectivity index is 1.74. The van der Waals surface area contributed by atoms with Gasteiger partial charge in [0.15, 0.2) is 0 Å². The molecule has 0 N–H and O–H groups in total. The Morgan fingerprint density at radius 3 is 2.16 bits per heavy atom. The SMILES string of the molecule is N#CC(c1ccccc1Cl)N1CCN(S(=O)(=O)c2ccccc2)CC1. The first kappa shape index (κ1) is 17.9. The molecule has 5 nitrogen and oxygen atoms in total. The van der Waals surface area contributed by atoms with Gasteiger partial charge in [-0.2, -0.15) is 9.57 Å². The predicted octanol–water partition coefficient (Wildman–Crippen LogP) is 2.91. The van der Waals surface area contributed by atoms with Crippen LogP contribution in [0, 0.1) is 11.3 Å². The molecule has 0 saturated carbocycles. The molecule has 1 fully saturated rings. The molecule has 0 bridgehead atoms. The lowest BCUT2D eigenvalue weighted by molar-refractivity contribution is 0.162. The highest BCUT2D eigenvalue weighted by Crippen LogP contribution is 2.28. The van der Waals surface area contributed by atoms with Crippen molar-refractivity contribution in [2.24, 2.45) is 0 Å². The Bertz CT molecular complexity index is 873. The fourth-order valence-electron chi connectivity index (χ4n) is 2.99. The number of nitrogens with zero attached hydrogens (tertiary/aromatic N) is 3. The zero-order chi connectivity index (χ0) is 17.9. The van der Waals surface area contributed by atoms with E-state index in [1.54, 1.807) is 36.4 Å². The summed E-state index contributed by atoms with van der Waals surface area (Å²) in [6, 6.07) is 17.5. The van der Waals surface area contributed by atoms with Gasteiger partial charge in [-0.3, -0.25) is 4.90 Å². The van der Waals surface area contributed by atoms with Crippen LogP contribution >= 0.6 is 11.6 Å². The minimum Gasteiger partial charge on any atom is -0.282 e. The summed E-state index contributed by atoms with van der Waals surface area (Å²) in [6.07, 6.45) is 0. The first-order valence-corrected chi connectivity index (χ1v) is 9.79. The van der Waals surface area contributed by atoms with Crippen LogP contribution in [-0.2, 0) is 10.0 Å². The lowest BCUT2D eigenvalue weighted by Crippen LogP contribution is -2.49. The topological polar surface area (TPSA) is 64.4 Å². The van der Waals surface area contributed by atoms with Gasteiger partial charge in [0.2, 0.25) is 10.0 Å². The van der Waals surface area contributed by atoms with E-state index in [1.807, 2.05) is 23.1 Å². The second kappa shape index (κ2) is 7.54. The van der Waals surface area contributed by atoms with Gasteiger partial charge < -0.3 is 0 Å². The van der Waals surface area contributed by atoms with Crippen molar-refractivity contribution >= 4 is 21.6 Å². The fraction of sp³-hybridized carbons (Fsp3) is 0.278. The van der Waals surface area contributed by atoms with Gasteiger partial charge in [-0.15, -0.1) is 0 Å². The summed E-state index contributed by atoms with van der Waals surface area (Å²) < 4.78 is 26.8. The molecule has 1 atom stereocenters. The maximum absolute atomic E-state index is 12.7. The standard InChI is InChI=1S/C18H18ClN3O2S/c19-17-9-5-4-8-16(17)18(14-20)21-10-12-22(13-11-21)25(23,24)15-6-2-1-3-7-15/h1-9,18H,10-13H2. The molecule has 0 spiro atoms. The number of benzene rings is 2. The van der Waals surface area contributed by atoms with Crippen LogP contribution in [-0.4, -0.2) is 43.8 Å². The first-order chi connectivity index (χ1) is 12.0. The summed E-state index contributed by atoms with van der Waals surface area (Å²) in [7, 11) is -3.49. The number of hydrogen-bond donors (Lipinski definition) is 0. The second-order valence-electron chi connectivity index (χ2n) is 5.81. The summed E-state index contributed by atoms with van der Waals surface area (Å²) >= 11 is 6.21. The van der Waals surface area contributed by atoms with Gasteiger partial charge >= 0.3 is 0 Å². The van der Waals surface area contributed by atoms with Crippen LogP contribution in [0.2, 0.25) is 5.02 Å². The number of nitriles is 1. The first-order valence-electron chi connectivity index (χ1n) is 7.97. The van der Waals surface area contributed by atoms with Crippen molar-refractivity contribution in [3.8, 4) is 6.07 Å². The fourth-order valence-corrected chi connectivity index (χ4v) is 4.67. The molecule has 0 radical (unpaired) electrons. The summed E-state index contributed by atoms with van der Waals surface area (Å²) in [5.41, 5.74) is 0.756. The zero-order valence-electron chi connectivity index (χ0n) is 13.5. The number of sulfonamides is 1. The smallest absolute Gasteiger partial charge is 0.243 e. The van der Waals surface area contributed by atoms with Crippen LogP contribution in [0.25, 0.3) is 0 Å². The largest absolute Gasteiger partial charge is 0.282 e. The molecule has 1 saturated heterocycles. The Morgan fingerprint density at radius 1 is 0.960 bits per heavy atom. The second-order valence-corrected chi connectivity index (χ2v) is 8.15. The molecular weight excluding hydrogens is 358 g/mol. The third kappa shape index (κ3) is 3.70. The minimum atomic E-state index is -3.49. The lowest BCUT2D eigenvalue weighted by atomic mass is 10.1. The van der Waals surface area contributed by atoms with Gasteiger partial charge in [-0.1, -0.05) is 48.0 Å². The Kier molecular flexibility index (Phi) is 5.40. The van der Waals surface area contributed by atoms with Crippen molar-refractivity contribution in [2.45, 2.75) is 10.9 Å². The van der Waals surface area contributed by atoms with Crippen molar-refractivity contribution < 1.29 is 8.42 Å². The van der Waals surface area contributed by atoms with E-state index >= 15 is 0 Å². The maximum Gasteiger partial charge on any atom is 0.243 e. The molecular formula is C18H18ClN3O2S. The van der Waals surface area contributed by atoms with E-state index in [9.17, 15) is 13.7 Å². The van der Waals surface area contributed by atoms with Gasteiger partial charge in [0.1, 0.15) is 6.04 Å². The molecule has 1 aliphatic rings. The lowest BCUT2D eigenvalue weighted by Gasteiger charge is -2.36. The maximum atomic E-state index is 12.7. The van der Waals surface area contributed by atoms with Gasteiger partial charge in [-0.25, -0.2) is 8.42 Å². The molecule has 25 heavy (non-hydrogen) atoms. The normalized spacial score (nSPS) is 17.8. The average molecular weight is 376 g/mol. The van der Waals surface area contributed by atoms with Crippen molar-refractivity contribution in [1.29, 1.82) is 5.26 Å². The number of hydrogen-bond acceptors (Lipinski definition) is 4. The Labute approximate surface area is 153 Å². The highest BCUT2D eigenvalue weighted by Gasteiger charge is 2.32. The van der Waals surface area contributed by atoms with Crippen LogP contribution in [0.3, 0.4) is 0 Å². The van der Waals surface area contributed by atoms with Crippen LogP contribution in [0.4, 0.5) is 0 Å². The monoisotopic (exact) mass is 375 g/mol. The predicted molar refractivity (Wildman–Crippen MR) is 96.6 cm³/mol. The van der Waals surface area contributed by atoms with E-state index in [0.717, 1.165) is 5.56 Å². The Morgan fingerprint density at radius 2 is 1.56 bits per heavy atom. The molecule has 0 aromatic heterocycles. The third-order valence-electron chi connectivity index (χ3n) is 4.34. The van der Waals surface area contributed by atoms with E-state index in [0.29, 0.717) is 36.1 Å². The molecule has 1 heterocycles. The van der Waals surface area contributed by atoms with Gasteiger partial charge in [0.05, 0.1) is 11.0 Å². The Hall–Kier alpha value is -1.91. The molecule has 130 valence electrons. The van der Waals surface area contributed by atoms with Crippen molar-refractivity contribution in [1.82, 2.24) is 9.21 Å². The summed E-state index contributed by atoms with van der Waals surface area (Å²) in [5.74, 6) is 0. The summed E-state index contributed by atoms with van der Waals surface area (Å²) in [4.78, 5) is 2.27. The number of halogens is 1. The molecule has 1 unspecified atom stereocenters. The van der Waals surface area contributed by atoms with Crippen LogP contribution < -0.4 is 0 Å². The highest BCUT2D eigenvalue weighted by molar-refractivity contribution is 7.89. The van der Waals surface area contributed by atoms with E-state index in [4.69, 9.17) is 11.6 Å². The van der Waals surface area contributed by atoms with Crippen LogP contribution in [0.1, 0.15) is 11.6 Å². The van der Waals surface area contributed by atoms with Crippen molar-refractivity contribution in [3.63, 3.8) is 0 Å². The summed E-state index contributed by atoms with van der Waals surface area (Å²) in [6.45, 7) is 1.66. The minimum absolute atomic E-state index is 0.298. The van der Waals surface area contributed by atoms with Crippen LogP contribution in [0.15, 0.2) is 59.5 Å². The van der Waals surface area contributed by atoms with Crippen LogP contribution in [0.5, 0.6) is 0 Å². The molecule has 1 aliphatic heterocycles. The molecule has 7 heteroatoms. The average Bonchev–Trinajstić information content (AvgIpc) is 2.65. The molecule has 0 amide bonds. The van der Waals surface area contributed by atoms with E-state index < -0.39 is 16.1 Å². The molecule has 0 aliphatic carbocycles. The molecule has 2 aromatic carbocycles. The van der Waals surface area contributed by atoms with Gasteiger partial charge in [0, 0.05) is 36.8 Å². The summed E-state index contributed by atoms with van der Waals surface area (Å²) in [5, 5.41) is 10.1. The zero-order valence-corrected chi connectivity index (χ0v) is 15.1.